The van der Waals surface area contributed by atoms with E-state index >= 15 is 0 Å². The lowest BCUT2D eigenvalue weighted by molar-refractivity contribution is -0.142. The molecule has 1 heterocycles. The minimum absolute atomic E-state index is 0.103. The molecule has 0 bridgehead atoms. The van der Waals surface area contributed by atoms with Gasteiger partial charge in [-0.1, -0.05) is 0 Å². The van der Waals surface area contributed by atoms with Crippen molar-refractivity contribution in [2.24, 2.45) is 0 Å². The topological polar surface area (TPSA) is 40.5 Å². The summed E-state index contributed by atoms with van der Waals surface area (Å²) in [7, 11) is 1.19. The Bertz CT molecular complexity index is 691. The maximum Gasteiger partial charge on any atom is 0.432 e. The molecule has 0 saturated heterocycles. The Hall–Kier alpha value is -2.25. The number of carbonyl (C=O) groups excluding carboxylic acids is 1. The number of hydrogen-bond donors (Lipinski definition) is 0. The number of nitrogens with zero attached hydrogens (tertiary/aromatic N) is 1. The summed E-state index contributed by atoms with van der Waals surface area (Å²) in [5, 5.41) is -0.366. The molecule has 2 rings (SSSR count). The van der Waals surface area contributed by atoms with Gasteiger partial charge >= 0.3 is 12.3 Å². The van der Waals surface area contributed by atoms with Crippen LogP contribution in [0.2, 0.25) is 0 Å². The molecule has 114 valence electrons. The maximum atomic E-state index is 14.0. The molecule has 1 aromatic carbocycles. The van der Waals surface area contributed by atoms with Gasteiger partial charge in [0.1, 0.15) is 5.69 Å². The van der Waals surface area contributed by atoms with Gasteiger partial charge in [-0.3, -0.25) is 0 Å². The third-order valence-electron chi connectivity index (χ3n) is 2.84. The van der Waals surface area contributed by atoms with Crippen LogP contribution in [0.4, 0.5) is 22.4 Å². The normalized spacial score (nSPS) is 11.7. The average Bonchev–Trinajstić information content (AvgIpc) is 2.80. The Morgan fingerprint density at radius 2 is 2.00 bits per heavy atom. The van der Waals surface area contributed by atoms with Crippen LogP contribution in [0.25, 0.3) is 10.9 Å². The van der Waals surface area contributed by atoms with Gasteiger partial charge in [-0.25, -0.2) is 13.8 Å². The molecule has 1 aromatic heterocycles. The number of rotatable bonds is 2. The zero-order chi connectivity index (χ0) is 15.8. The Morgan fingerprint density at radius 1 is 1.33 bits per heavy atom. The molecule has 0 amide bonds. The van der Waals surface area contributed by atoms with E-state index in [1.54, 1.807) is 0 Å². The van der Waals surface area contributed by atoms with Crippen molar-refractivity contribution in [3.8, 4) is 5.75 Å². The molecule has 0 atom stereocenters. The van der Waals surface area contributed by atoms with Crippen LogP contribution in [-0.4, -0.2) is 24.4 Å². The number of aromatic nitrogens is 1. The van der Waals surface area contributed by atoms with Crippen LogP contribution in [0.1, 0.15) is 12.6 Å². The number of ether oxygens (including phenoxy) is 2. The van der Waals surface area contributed by atoms with Crippen LogP contribution < -0.4 is 4.74 Å². The zero-order valence-corrected chi connectivity index (χ0v) is 11.1. The van der Waals surface area contributed by atoms with Gasteiger partial charge < -0.3 is 9.47 Å². The van der Waals surface area contributed by atoms with Crippen molar-refractivity contribution < 1.29 is 31.8 Å². The summed E-state index contributed by atoms with van der Waals surface area (Å²) in [5.41, 5.74) is -1.54. The number of fused-ring (bicyclic) bond motifs is 1. The lowest BCUT2D eigenvalue weighted by Crippen LogP contribution is -2.21. The van der Waals surface area contributed by atoms with Crippen LogP contribution in [0.15, 0.2) is 18.2 Å². The van der Waals surface area contributed by atoms with Crippen LogP contribution >= 0.6 is 0 Å². The SMILES string of the molecule is CCOC(=O)n1c(C(F)(F)F)cc2c(F)c(OC)ccc21. The fraction of sp³-hybridized carbons (Fsp3) is 0.308. The predicted octanol–water partition coefficient (Wildman–Crippen LogP) is 3.81. The molecule has 0 aliphatic carbocycles. The highest BCUT2D eigenvalue weighted by molar-refractivity contribution is 5.92. The summed E-state index contributed by atoms with van der Waals surface area (Å²) in [6, 6.07) is 2.88. The Kier molecular flexibility index (Phi) is 3.80. The molecular formula is C13H11F4NO3. The molecule has 2 aromatic rings. The monoisotopic (exact) mass is 305 g/mol. The molecule has 0 aliphatic heterocycles. The van der Waals surface area contributed by atoms with Gasteiger partial charge in [-0.2, -0.15) is 13.2 Å². The number of halogens is 4. The maximum absolute atomic E-state index is 14.0. The van der Waals surface area contributed by atoms with E-state index in [2.05, 4.69) is 4.74 Å². The van der Waals surface area contributed by atoms with E-state index in [9.17, 15) is 22.4 Å². The minimum atomic E-state index is -4.83. The third-order valence-corrected chi connectivity index (χ3v) is 2.84. The van der Waals surface area contributed by atoms with Crippen molar-refractivity contribution >= 4 is 17.0 Å². The summed E-state index contributed by atoms with van der Waals surface area (Å²) < 4.78 is 62.7. The zero-order valence-electron chi connectivity index (χ0n) is 11.1. The summed E-state index contributed by atoms with van der Waals surface area (Å²) in [6.07, 6.45) is -6.05. The molecule has 0 N–H and O–H groups in total. The molecule has 0 fully saturated rings. The van der Waals surface area contributed by atoms with Crippen molar-refractivity contribution in [2.45, 2.75) is 13.1 Å². The molecule has 0 aliphatic rings. The van der Waals surface area contributed by atoms with Gasteiger partial charge in [0.05, 0.1) is 19.2 Å². The Labute approximate surface area is 116 Å². The van der Waals surface area contributed by atoms with Crippen LogP contribution in [0, 0.1) is 5.82 Å². The Balaban J connectivity index is 2.79. The lowest BCUT2D eigenvalue weighted by Gasteiger charge is -2.11. The average molecular weight is 305 g/mol. The first-order valence-electron chi connectivity index (χ1n) is 5.93. The quantitative estimate of drug-likeness (QED) is 0.792. The number of methoxy groups -OCH3 is 1. The first-order valence-corrected chi connectivity index (χ1v) is 5.93. The molecule has 21 heavy (non-hydrogen) atoms. The van der Waals surface area contributed by atoms with Crippen molar-refractivity contribution in [1.82, 2.24) is 4.57 Å². The molecule has 0 unspecified atom stereocenters. The standard InChI is InChI=1S/C13H11F4NO3/c1-3-21-12(19)18-8-4-5-9(20-2)11(14)7(8)6-10(18)13(15,16)17/h4-6H,3H2,1-2H3. The van der Waals surface area contributed by atoms with E-state index in [1.807, 2.05) is 0 Å². The molecule has 4 nitrogen and oxygen atoms in total. The van der Waals surface area contributed by atoms with E-state index in [4.69, 9.17) is 4.74 Å². The second kappa shape index (κ2) is 5.27. The van der Waals surface area contributed by atoms with Gasteiger partial charge in [0.2, 0.25) is 0 Å². The van der Waals surface area contributed by atoms with Crippen LogP contribution in [0.3, 0.4) is 0 Å². The van der Waals surface area contributed by atoms with E-state index in [0.29, 0.717) is 10.6 Å². The van der Waals surface area contributed by atoms with Gasteiger partial charge in [-0.05, 0) is 25.1 Å². The van der Waals surface area contributed by atoms with E-state index in [0.717, 1.165) is 6.07 Å². The van der Waals surface area contributed by atoms with Crippen molar-refractivity contribution in [2.75, 3.05) is 13.7 Å². The minimum Gasteiger partial charge on any atom is -0.494 e. The third kappa shape index (κ3) is 2.53. The van der Waals surface area contributed by atoms with Crippen molar-refractivity contribution in [3.05, 3.63) is 29.7 Å². The largest absolute Gasteiger partial charge is 0.494 e. The molecule has 0 radical (unpaired) electrons. The fourth-order valence-electron chi connectivity index (χ4n) is 1.98. The highest BCUT2D eigenvalue weighted by atomic mass is 19.4. The molecule has 0 saturated carbocycles. The summed E-state index contributed by atoms with van der Waals surface area (Å²) in [4.78, 5) is 11.7. The second-order valence-electron chi connectivity index (χ2n) is 4.08. The lowest BCUT2D eigenvalue weighted by atomic mass is 10.2. The number of hydrogen-bond acceptors (Lipinski definition) is 3. The number of carbonyl (C=O) groups is 1. The molecule has 0 spiro atoms. The van der Waals surface area contributed by atoms with E-state index in [1.165, 1.54) is 20.1 Å². The summed E-state index contributed by atoms with van der Waals surface area (Å²) in [6.45, 7) is 1.36. The first-order chi connectivity index (χ1) is 9.81. The van der Waals surface area contributed by atoms with Gasteiger partial charge in [0, 0.05) is 5.39 Å². The first kappa shape index (κ1) is 15.1. The van der Waals surface area contributed by atoms with Crippen LogP contribution in [0.5, 0.6) is 5.75 Å². The summed E-state index contributed by atoms with van der Waals surface area (Å²) >= 11 is 0. The highest BCUT2D eigenvalue weighted by Crippen LogP contribution is 2.36. The van der Waals surface area contributed by atoms with Gasteiger partial charge in [-0.15, -0.1) is 0 Å². The number of benzene rings is 1. The summed E-state index contributed by atoms with van der Waals surface area (Å²) in [5.74, 6) is -1.18. The smallest absolute Gasteiger partial charge is 0.432 e. The number of alkyl halides is 3. The fourth-order valence-corrected chi connectivity index (χ4v) is 1.98. The second-order valence-corrected chi connectivity index (χ2v) is 4.08. The van der Waals surface area contributed by atoms with E-state index < -0.39 is 23.8 Å². The van der Waals surface area contributed by atoms with Gasteiger partial charge in [0.25, 0.3) is 0 Å². The van der Waals surface area contributed by atoms with Crippen molar-refractivity contribution in [3.63, 3.8) is 0 Å². The molecule has 8 heteroatoms. The highest BCUT2D eigenvalue weighted by Gasteiger charge is 2.38. The van der Waals surface area contributed by atoms with Crippen molar-refractivity contribution in [1.29, 1.82) is 0 Å². The Morgan fingerprint density at radius 3 is 2.52 bits per heavy atom. The van der Waals surface area contributed by atoms with Crippen LogP contribution in [-0.2, 0) is 10.9 Å². The predicted molar refractivity (Wildman–Crippen MR) is 65.9 cm³/mol. The molecular weight excluding hydrogens is 294 g/mol. The van der Waals surface area contributed by atoms with E-state index in [-0.39, 0.29) is 23.3 Å². The van der Waals surface area contributed by atoms with Gasteiger partial charge in [0.15, 0.2) is 11.6 Å².